The molecule has 0 bridgehead atoms. The van der Waals surface area contributed by atoms with E-state index in [1.165, 1.54) is 10.1 Å². The molecule has 2 aromatic carbocycles. The van der Waals surface area contributed by atoms with Crippen LogP contribution in [0.4, 0.5) is 0 Å². The molecule has 0 aliphatic carbocycles. The van der Waals surface area contributed by atoms with Gasteiger partial charge in [0.15, 0.2) is 5.58 Å². The molecule has 0 N–H and O–H groups in total. The average molecular weight is 302 g/mol. The first kappa shape index (κ1) is 14.0. The number of hydrogen-bond donors (Lipinski definition) is 0. The maximum atomic E-state index is 11.5. The van der Waals surface area contributed by atoms with Crippen molar-refractivity contribution in [3.8, 4) is 0 Å². The lowest BCUT2D eigenvalue weighted by Crippen LogP contribution is -2.08. The van der Waals surface area contributed by atoms with Gasteiger partial charge < -0.3 is 4.42 Å². The Morgan fingerprint density at radius 3 is 2.62 bits per heavy atom. The molecule has 0 saturated carbocycles. The van der Waals surface area contributed by atoms with Gasteiger partial charge in [0.1, 0.15) is 0 Å². The Balaban J connectivity index is 2.09. The van der Waals surface area contributed by atoms with Crippen LogP contribution in [0.1, 0.15) is 27.6 Å². The molecule has 3 rings (SSSR count). The number of aromatic nitrogens is 1. The summed E-state index contributed by atoms with van der Waals surface area (Å²) in [5, 5.41) is -0.263. The maximum absolute atomic E-state index is 11.5. The number of alkyl halides is 1. The Hall–Kier alpha value is -2.00. The Bertz CT molecular complexity index is 876. The number of oxazole rings is 1. The zero-order chi connectivity index (χ0) is 15.1. The van der Waals surface area contributed by atoms with E-state index in [4.69, 9.17) is 16.0 Å². The van der Waals surface area contributed by atoms with Crippen LogP contribution in [-0.2, 0) is 7.05 Å². The van der Waals surface area contributed by atoms with Crippen molar-refractivity contribution < 1.29 is 4.42 Å². The molecule has 0 radical (unpaired) electrons. The normalized spacial score (nSPS) is 12.8. The van der Waals surface area contributed by atoms with Gasteiger partial charge in [0, 0.05) is 7.05 Å². The van der Waals surface area contributed by atoms with Gasteiger partial charge in [-0.1, -0.05) is 29.8 Å². The molecule has 0 fully saturated rings. The number of fused-ring (bicyclic) bond motifs is 1. The summed E-state index contributed by atoms with van der Waals surface area (Å²) in [5.74, 6) is -0.361. The smallest absolute Gasteiger partial charge is 0.408 e. The summed E-state index contributed by atoms with van der Waals surface area (Å²) >= 11 is 6.61. The maximum Gasteiger partial charge on any atom is 0.419 e. The van der Waals surface area contributed by atoms with Crippen molar-refractivity contribution in [2.75, 3.05) is 0 Å². The van der Waals surface area contributed by atoms with Crippen molar-refractivity contribution in [3.63, 3.8) is 0 Å². The van der Waals surface area contributed by atoms with Gasteiger partial charge in [-0.25, -0.2) is 4.79 Å². The van der Waals surface area contributed by atoms with Crippen LogP contribution in [0.15, 0.2) is 45.6 Å². The van der Waals surface area contributed by atoms with E-state index in [2.05, 4.69) is 26.0 Å². The predicted octanol–water partition coefficient (Wildman–Crippen LogP) is 4.08. The number of nitrogens with zero attached hydrogens (tertiary/aromatic N) is 1. The Morgan fingerprint density at radius 1 is 1.14 bits per heavy atom. The number of rotatable bonds is 2. The third-order valence-electron chi connectivity index (χ3n) is 3.81. The first-order valence-electron chi connectivity index (χ1n) is 6.78. The SMILES string of the molecule is Cc1ccc(C(Cl)c2ccc3c(c2)oc(=O)n3C)c(C)c1. The van der Waals surface area contributed by atoms with Gasteiger partial charge in [0.25, 0.3) is 0 Å². The van der Waals surface area contributed by atoms with Crippen LogP contribution < -0.4 is 5.76 Å². The standard InChI is InChI=1S/C17H16ClNO2/c1-10-4-6-13(11(2)8-10)16(18)12-5-7-14-15(9-12)21-17(20)19(14)3/h4-9,16H,1-3H3. The molecule has 0 spiro atoms. The molecule has 0 saturated heterocycles. The second-order valence-electron chi connectivity index (χ2n) is 5.38. The van der Waals surface area contributed by atoms with Crippen LogP contribution in [0.2, 0.25) is 0 Å². The highest BCUT2D eigenvalue weighted by molar-refractivity contribution is 6.22. The van der Waals surface area contributed by atoms with Crippen LogP contribution in [0.3, 0.4) is 0 Å². The lowest BCUT2D eigenvalue weighted by molar-refractivity contribution is 0.528. The molecule has 21 heavy (non-hydrogen) atoms. The molecule has 3 aromatic rings. The minimum Gasteiger partial charge on any atom is -0.408 e. The molecule has 3 nitrogen and oxygen atoms in total. The van der Waals surface area contributed by atoms with E-state index in [1.54, 1.807) is 7.05 Å². The van der Waals surface area contributed by atoms with Crippen molar-refractivity contribution in [3.05, 3.63) is 69.2 Å². The number of halogens is 1. The fraction of sp³-hybridized carbons (Fsp3) is 0.235. The lowest BCUT2D eigenvalue weighted by Gasteiger charge is -2.14. The van der Waals surface area contributed by atoms with E-state index in [1.807, 2.05) is 24.3 Å². The van der Waals surface area contributed by atoms with Crippen molar-refractivity contribution in [2.45, 2.75) is 19.2 Å². The first-order chi connectivity index (χ1) is 9.97. The summed E-state index contributed by atoms with van der Waals surface area (Å²) in [5.41, 5.74) is 5.70. The third-order valence-corrected chi connectivity index (χ3v) is 4.29. The van der Waals surface area contributed by atoms with Crippen LogP contribution >= 0.6 is 11.6 Å². The van der Waals surface area contributed by atoms with Gasteiger partial charge in [0.2, 0.25) is 0 Å². The van der Waals surface area contributed by atoms with Gasteiger partial charge >= 0.3 is 5.76 Å². The number of aryl methyl sites for hydroxylation is 3. The van der Waals surface area contributed by atoms with Crippen molar-refractivity contribution >= 4 is 22.7 Å². The second-order valence-corrected chi connectivity index (χ2v) is 5.81. The number of benzene rings is 2. The Morgan fingerprint density at radius 2 is 1.90 bits per heavy atom. The summed E-state index contributed by atoms with van der Waals surface area (Å²) in [7, 11) is 1.69. The molecule has 1 atom stereocenters. The van der Waals surface area contributed by atoms with Gasteiger partial charge in [-0.2, -0.15) is 0 Å². The summed E-state index contributed by atoms with van der Waals surface area (Å²) in [6.45, 7) is 4.11. The van der Waals surface area contributed by atoms with Crippen molar-refractivity contribution in [2.24, 2.45) is 7.05 Å². The minimum absolute atomic E-state index is 0.263. The van der Waals surface area contributed by atoms with Gasteiger partial charge in [-0.05, 0) is 42.7 Å². The highest BCUT2D eigenvalue weighted by Gasteiger charge is 2.15. The molecular weight excluding hydrogens is 286 g/mol. The quantitative estimate of drug-likeness (QED) is 0.669. The molecule has 1 aromatic heterocycles. The van der Waals surface area contributed by atoms with Crippen LogP contribution in [0.25, 0.3) is 11.1 Å². The highest BCUT2D eigenvalue weighted by atomic mass is 35.5. The lowest BCUT2D eigenvalue weighted by atomic mass is 9.98. The molecule has 1 heterocycles. The van der Waals surface area contributed by atoms with E-state index in [-0.39, 0.29) is 11.1 Å². The Labute approximate surface area is 127 Å². The fourth-order valence-electron chi connectivity index (χ4n) is 2.60. The summed E-state index contributed by atoms with van der Waals surface area (Å²) in [6, 6.07) is 11.9. The highest BCUT2D eigenvalue weighted by Crippen LogP contribution is 2.32. The molecule has 0 aliphatic heterocycles. The molecule has 4 heteroatoms. The largest absolute Gasteiger partial charge is 0.419 e. The molecule has 1 unspecified atom stereocenters. The van der Waals surface area contributed by atoms with Crippen molar-refractivity contribution in [1.82, 2.24) is 4.57 Å². The van der Waals surface area contributed by atoms with Crippen molar-refractivity contribution in [1.29, 1.82) is 0 Å². The van der Waals surface area contributed by atoms with E-state index < -0.39 is 0 Å². The molecular formula is C17H16ClNO2. The second kappa shape index (κ2) is 5.08. The average Bonchev–Trinajstić information content (AvgIpc) is 2.73. The summed E-state index contributed by atoms with van der Waals surface area (Å²) in [4.78, 5) is 11.5. The van der Waals surface area contributed by atoms with E-state index in [0.717, 1.165) is 22.2 Å². The van der Waals surface area contributed by atoms with Crippen LogP contribution in [-0.4, -0.2) is 4.57 Å². The molecule has 0 aliphatic rings. The van der Waals surface area contributed by atoms with Gasteiger partial charge in [-0.15, -0.1) is 11.6 Å². The fourth-order valence-corrected chi connectivity index (χ4v) is 2.98. The predicted molar refractivity (Wildman–Crippen MR) is 85.1 cm³/mol. The summed E-state index contributed by atoms with van der Waals surface area (Å²) in [6.07, 6.45) is 0. The summed E-state index contributed by atoms with van der Waals surface area (Å²) < 4.78 is 6.71. The minimum atomic E-state index is -0.361. The third kappa shape index (κ3) is 2.38. The first-order valence-corrected chi connectivity index (χ1v) is 7.21. The monoisotopic (exact) mass is 301 g/mol. The molecule has 0 amide bonds. The zero-order valence-corrected chi connectivity index (χ0v) is 12.9. The molecule has 108 valence electrons. The van der Waals surface area contributed by atoms with E-state index >= 15 is 0 Å². The number of hydrogen-bond acceptors (Lipinski definition) is 2. The Kier molecular flexibility index (Phi) is 3.38. The van der Waals surface area contributed by atoms with Gasteiger partial charge in [-0.3, -0.25) is 4.57 Å². The zero-order valence-electron chi connectivity index (χ0n) is 12.2. The van der Waals surface area contributed by atoms with Gasteiger partial charge in [0.05, 0.1) is 10.9 Å². The van der Waals surface area contributed by atoms with E-state index in [9.17, 15) is 4.79 Å². The van der Waals surface area contributed by atoms with Crippen LogP contribution in [0.5, 0.6) is 0 Å². The van der Waals surface area contributed by atoms with E-state index in [0.29, 0.717) is 5.58 Å². The van der Waals surface area contributed by atoms with Crippen LogP contribution in [0, 0.1) is 13.8 Å². The topological polar surface area (TPSA) is 35.1 Å².